The zero-order chi connectivity index (χ0) is 10.8. The Hall–Kier alpha value is -1.91. The molecule has 0 spiro atoms. The summed E-state index contributed by atoms with van der Waals surface area (Å²) in [4.78, 5) is 15.3. The number of rotatable bonds is 2. The molecule has 0 bridgehead atoms. The smallest absolute Gasteiger partial charge is 0.183 e. The number of nitrogens with zero attached hydrogens (tertiary/aromatic N) is 3. The third kappa shape index (κ3) is 1.96. The Bertz CT molecular complexity index is 497. The van der Waals surface area contributed by atoms with Crippen LogP contribution in [-0.2, 0) is 0 Å². The number of aromatic nitrogens is 4. The number of nitrogens with two attached hydrogens (primary N) is 1. The van der Waals surface area contributed by atoms with Gasteiger partial charge in [0.15, 0.2) is 17.3 Å². The van der Waals surface area contributed by atoms with Crippen molar-refractivity contribution in [2.75, 3.05) is 5.73 Å². The molecule has 2 heterocycles. The molecule has 2 aromatic rings. The standard InChI is InChI=1S/C10H13N5/c1-6(2)3-4-7-14-9(11)8-10(15-7)13-5-12-8/h3-6H,1-2H3,(H3,11,12,13,14,15). The minimum atomic E-state index is 0.431. The summed E-state index contributed by atoms with van der Waals surface area (Å²) in [5.41, 5.74) is 7.05. The monoisotopic (exact) mass is 203 g/mol. The van der Waals surface area contributed by atoms with Crippen molar-refractivity contribution >= 4 is 23.1 Å². The van der Waals surface area contributed by atoms with E-state index in [0.717, 1.165) is 0 Å². The fourth-order valence-corrected chi connectivity index (χ4v) is 1.23. The molecule has 0 fully saturated rings. The predicted molar refractivity (Wildman–Crippen MR) is 60.0 cm³/mol. The molecular formula is C10H13N5. The van der Waals surface area contributed by atoms with Crippen LogP contribution in [0.15, 0.2) is 12.4 Å². The van der Waals surface area contributed by atoms with Gasteiger partial charge in [-0.05, 0) is 12.0 Å². The number of aromatic amines is 1. The molecule has 0 atom stereocenters. The molecule has 2 rings (SSSR count). The molecule has 15 heavy (non-hydrogen) atoms. The second-order valence-electron chi connectivity index (χ2n) is 3.67. The molecule has 0 aliphatic rings. The summed E-state index contributed by atoms with van der Waals surface area (Å²) in [7, 11) is 0. The molecule has 0 aromatic carbocycles. The number of fused-ring (bicyclic) bond motifs is 1. The number of nitrogen functional groups attached to an aromatic ring is 1. The van der Waals surface area contributed by atoms with Crippen LogP contribution in [0.4, 0.5) is 5.82 Å². The first kappa shape index (κ1) is 9.64. The quantitative estimate of drug-likeness (QED) is 0.776. The average Bonchev–Trinajstić information content (AvgIpc) is 2.63. The molecule has 0 unspecified atom stereocenters. The molecule has 5 nitrogen and oxygen atoms in total. The summed E-state index contributed by atoms with van der Waals surface area (Å²) in [5.74, 6) is 1.49. The van der Waals surface area contributed by atoms with Gasteiger partial charge in [0.2, 0.25) is 0 Å². The van der Waals surface area contributed by atoms with E-state index in [0.29, 0.717) is 28.7 Å². The van der Waals surface area contributed by atoms with E-state index in [2.05, 4.69) is 33.8 Å². The highest BCUT2D eigenvalue weighted by Gasteiger charge is 2.04. The maximum Gasteiger partial charge on any atom is 0.183 e. The third-order valence-electron chi connectivity index (χ3n) is 1.96. The fourth-order valence-electron chi connectivity index (χ4n) is 1.23. The molecule has 78 valence electrons. The molecule has 2 aromatic heterocycles. The van der Waals surface area contributed by atoms with Crippen LogP contribution < -0.4 is 5.73 Å². The van der Waals surface area contributed by atoms with E-state index in [1.54, 1.807) is 6.33 Å². The van der Waals surface area contributed by atoms with Gasteiger partial charge in [-0.2, -0.15) is 0 Å². The van der Waals surface area contributed by atoms with Gasteiger partial charge in [0, 0.05) is 0 Å². The van der Waals surface area contributed by atoms with Crippen LogP contribution in [0.1, 0.15) is 19.7 Å². The first-order valence-corrected chi connectivity index (χ1v) is 4.81. The molecule has 3 N–H and O–H groups in total. The Morgan fingerprint density at radius 3 is 2.93 bits per heavy atom. The number of H-pyrrole nitrogens is 1. The lowest BCUT2D eigenvalue weighted by molar-refractivity contribution is 0.835. The SMILES string of the molecule is CC(C)C=Cc1nc(N)c2[nH]cnc2n1. The summed E-state index contributed by atoms with van der Waals surface area (Å²) in [6, 6.07) is 0. The Morgan fingerprint density at radius 2 is 2.20 bits per heavy atom. The highest BCUT2D eigenvalue weighted by atomic mass is 15.0. The summed E-state index contributed by atoms with van der Waals surface area (Å²) < 4.78 is 0. The van der Waals surface area contributed by atoms with Gasteiger partial charge < -0.3 is 10.7 Å². The van der Waals surface area contributed by atoms with Gasteiger partial charge in [-0.15, -0.1) is 0 Å². The van der Waals surface area contributed by atoms with Crippen LogP contribution in [0.2, 0.25) is 0 Å². The Balaban J connectivity index is 2.45. The second kappa shape index (κ2) is 3.68. The van der Waals surface area contributed by atoms with Crippen LogP contribution in [0.5, 0.6) is 0 Å². The normalized spacial score (nSPS) is 11.9. The summed E-state index contributed by atoms with van der Waals surface area (Å²) in [6.45, 7) is 4.18. The van der Waals surface area contributed by atoms with E-state index in [1.807, 2.05) is 12.2 Å². The van der Waals surface area contributed by atoms with Crippen molar-refractivity contribution in [3.8, 4) is 0 Å². The predicted octanol–water partition coefficient (Wildman–Crippen LogP) is 1.60. The number of hydrogen-bond acceptors (Lipinski definition) is 4. The van der Waals surface area contributed by atoms with Crippen LogP contribution >= 0.6 is 0 Å². The van der Waals surface area contributed by atoms with Gasteiger partial charge in [-0.25, -0.2) is 15.0 Å². The first-order chi connectivity index (χ1) is 7.16. The molecule has 0 saturated carbocycles. The lowest BCUT2D eigenvalue weighted by atomic mass is 10.2. The minimum Gasteiger partial charge on any atom is -0.382 e. The molecular weight excluding hydrogens is 190 g/mol. The topological polar surface area (TPSA) is 80.5 Å². The van der Waals surface area contributed by atoms with Gasteiger partial charge in [-0.1, -0.05) is 19.9 Å². The van der Waals surface area contributed by atoms with Crippen LogP contribution in [0.25, 0.3) is 17.2 Å². The molecule has 0 aliphatic carbocycles. The first-order valence-electron chi connectivity index (χ1n) is 4.81. The van der Waals surface area contributed by atoms with E-state index in [4.69, 9.17) is 5.73 Å². The zero-order valence-corrected chi connectivity index (χ0v) is 8.73. The van der Waals surface area contributed by atoms with E-state index < -0.39 is 0 Å². The number of anilines is 1. The maximum atomic E-state index is 5.75. The van der Waals surface area contributed by atoms with Crippen LogP contribution in [0, 0.1) is 5.92 Å². The highest BCUT2D eigenvalue weighted by molar-refractivity contribution is 5.81. The summed E-state index contributed by atoms with van der Waals surface area (Å²) in [6.07, 6.45) is 5.44. The number of allylic oxidation sites excluding steroid dienone is 1. The number of imidazole rings is 1. The van der Waals surface area contributed by atoms with E-state index >= 15 is 0 Å². The lowest BCUT2D eigenvalue weighted by Crippen LogP contribution is -1.97. The van der Waals surface area contributed by atoms with Gasteiger partial charge in [-0.3, -0.25) is 0 Å². The van der Waals surface area contributed by atoms with Gasteiger partial charge in [0.05, 0.1) is 6.33 Å². The summed E-state index contributed by atoms with van der Waals surface area (Å²) in [5, 5.41) is 0. The average molecular weight is 203 g/mol. The number of nitrogens with one attached hydrogen (secondary N) is 1. The minimum absolute atomic E-state index is 0.431. The highest BCUT2D eigenvalue weighted by Crippen LogP contribution is 2.13. The van der Waals surface area contributed by atoms with Crippen molar-refractivity contribution in [1.29, 1.82) is 0 Å². The molecule has 0 amide bonds. The Labute approximate surface area is 87.5 Å². The maximum absolute atomic E-state index is 5.75. The van der Waals surface area contributed by atoms with Crippen molar-refractivity contribution in [3.05, 3.63) is 18.2 Å². The van der Waals surface area contributed by atoms with E-state index in [-0.39, 0.29) is 0 Å². The van der Waals surface area contributed by atoms with Crippen molar-refractivity contribution in [1.82, 2.24) is 19.9 Å². The van der Waals surface area contributed by atoms with Crippen molar-refractivity contribution in [3.63, 3.8) is 0 Å². The Morgan fingerprint density at radius 1 is 1.40 bits per heavy atom. The molecule has 0 aliphatic heterocycles. The fraction of sp³-hybridized carbons (Fsp3) is 0.300. The largest absolute Gasteiger partial charge is 0.382 e. The van der Waals surface area contributed by atoms with Crippen molar-refractivity contribution in [2.45, 2.75) is 13.8 Å². The van der Waals surface area contributed by atoms with Gasteiger partial charge in [0.1, 0.15) is 5.52 Å². The second-order valence-corrected chi connectivity index (χ2v) is 3.67. The van der Waals surface area contributed by atoms with Crippen molar-refractivity contribution < 1.29 is 0 Å². The van der Waals surface area contributed by atoms with Crippen LogP contribution in [-0.4, -0.2) is 19.9 Å². The van der Waals surface area contributed by atoms with Crippen LogP contribution in [0.3, 0.4) is 0 Å². The van der Waals surface area contributed by atoms with Gasteiger partial charge in [0.25, 0.3) is 0 Å². The zero-order valence-electron chi connectivity index (χ0n) is 8.73. The van der Waals surface area contributed by atoms with Crippen molar-refractivity contribution in [2.24, 2.45) is 5.92 Å². The van der Waals surface area contributed by atoms with E-state index in [1.165, 1.54) is 0 Å². The summed E-state index contributed by atoms with van der Waals surface area (Å²) >= 11 is 0. The lowest BCUT2D eigenvalue weighted by Gasteiger charge is -1.97. The van der Waals surface area contributed by atoms with Gasteiger partial charge >= 0.3 is 0 Å². The third-order valence-corrected chi connectivity index (χ3v) is 1.96. The Kier molecular flexibility index (Phi) is 2.37. The van der Waals surface area contributed by atoms with E-state index in [9.17, 15) is 0 Å². The molecule has 0 radical (unpaired) electrons. The molecule has 0 saturated heterocycles. The molecule has 5 heteroatoms. The number of hydrogen-bond donors (Lipinski definition) is 2.